The smallest absolute Gasteiger partial charge is 0.0260 e. The molecular formula is C14H20. The molecule has 0 N–H and O–H groups in total. The van der Waals surface area contributed by atoms with E-state index in [0.717, 1.165) is 5.92 Å². The van der Waals surface area contributed by atoms with Crippen LogP contribution in [0.5, 0.6) is 0 Å². The average Bonchev–Trinajstić information content (AvgIpc) is 2.21. The highest BCUT2D eigenvalue weighted by Gasteiger charge is 1.93. The minimum absolute atomic E-state index is 0.802. The highest BCUT2D eigenvalue weighted by molar-refractivity contribution is 5.49. The number of benzene rings is 1. The molecule has 0 aliphatic rings. The van der Waals surface area contributed by atoms with Crippen LogP contribution in [0.3, 0.4) is 0 Å². The molecule has 0 fully saturated rings. The number of hydrogen-bond donors (Lipinski definition) is 0. The second-order valence-electron chi connectivity index (χ2n) is 4.06. The van der Waals surface area contributed by atoms with E-state index in [1.54, 1.807) is 0 Å². The molecule has 0 heteroatoms. The largest absolute Gasteiger partial charge is 0.0837 e. The predicted molar refractivity (Wildman–Crippen MR) is 64.3 cm³/mol. The van der Waals surface area contributed by atoms with Crippen LogP contribution in [0.1, 0.15) is 37.8 Å². The van der Waals surface area contributed by atoms with E-state index < -0.39 is 0 Å². The molecule has 0 spiro atoms. The molecule has 0 saturated carbocycles. The summed E-state index contributed by atoms with van der Waals surface area (Å²) in [7, 11) is 0. The molecule has 76 valence electrons. The normalized spacial score (nSPS) is 13.4. The van der Waals surface area contributed by atoms with Crippen molar-refractivity contribution in [1.29, 1.82) is 0 Å². The van der Waals surface area contributed by atoms with Gasteiger partial charge in [-0.3, -0.25) is 0 Å². The maximum absolute atomic E-state index is 2.29. The van der Waals surface area contributed by atoms with Crippen LogP contribution in [-0.4, -0.2) is 0 Å². The Morgan fingerprint density at radius 3 is 2.43 bits per heavy atom. The minimum atomic E-state index is 0.802. The van der Waals surface area contributed by atoms with Crippen LogP contribution < -0.4 is 0 Å². The van der Waals surface area contributed by atoms with Crippen LogP contribution >= 0.6 is 0 Å². The second-order valence-corrected chi connectivity index (χ2v) is 4.06. The maximum Gasteiger partial charge on any atom is -0.0260 e. The quantitative estimate of drug-likeness (QED) is 0.655. The molecule has 1 aromatic rings. The predicted octanol–water partition coefficient (Wildman–Crippen LogP) is 4.44. The van der Waals surface area contributed by atoms with Gasteiger partial charge in [0.2, 0.25) is 0 Å². The zero-order valence-electron chi connectivity index (χ0n) is 9.46. The molecule has 1 unspecified atom stereocenters. The SMILES string of the molecule is CCC(C)CC=Cc1ccc(C)cc1. The Kier molecular flexibility index (Phi) is 4.45. The van der Waals surface area contributed by atoms with Gasteiger partial charge in [-0.1, -0.05) is 62.2 Å². The van der Waals surface area contributed by atoms with Gasteiger partial charge in [-0.25, -0.2) is 0 Å². The Morgan fingerprint density at radius 1 is 1.21 bits per heavy atom. The molecule has 14 heavy (non-hydrogen) atoms. The number of hydrogen-bond acceptors (Lipinski definition) is 0. The first-order chi connectivity index (χ1) is 6.72. The summed E-state index contributed by atoms with van der Waals surface area (Å²) < 4.78 is 0. The van der Waals surface area contributed by atoms with Gasteiger partial charge in [-0.15, -0.1) is 0 Å². The molecular weight excluding hydrogens is 168 g/mol. The summed E-state index contributed by atoms with van der Waals surface area (Å²) in [5, 5.41) is 0. The van der Waals surface area contributed by atoms with Crippen molar-refractivity contribution in [3.05, 3.63) is 41.5 Å². The highest BCUT2D eigenvalue weighted by Crippen LogP contribution is 2.10. The van der Waals surface area contributed by atoms with Crippen molar-refractivity contribution in [2.45, 2.75) is 33.6 Å². The maximum atomic E-state index is 2.29. The van der Waals surface area contributed by atoms with Gasteiger partial charge < -0.3 is 0 Å². The van der Waals surface area contributed by atoms with Gasteiger partial charge in [0.05, 0.1) is 0 Å². The van der Waals surface area contributed by atoms with Crippen molar-refractivity contribution in [2.24, 2.45) is 5.92 Å². The van der Waals surface area contributed by atoms with E-state index in [9.17, 15) is 0 Å². The third kappa shape index (κ3) is 3.78. The number of rotatable bonds is 4. The van der Waals surface area contributed by atoms with Gasteiger partial charge in [-0.2, -0.15) is 0 Å². The average molecular weight is 188 g/mol. The lowest BCUT2D eigenvalue weighted by Crippen LogP contribution is -1.87. The van der Waals surface area contributed by atoms with E-state index in [0.29, 0.717) is 0 Å². The van der Waals surface area contributed by atoms with Crippen molar-refractivity contribution in [2.75, 3.05) is 0 Å². The van der Waals surface area contributed by atoms with E-state index in [2.05, 4.69) is 57.2 Å². The van der Waals surface area contributed by atoms with Crippen molar-refractivity contribution < 1.29 is 0 Å². The zero-order chi connectivity index (χ0) is 10.4. The molecule has 1 atom stereocenters. The van der Waals surface area contributed by atoms with Crippen LogP contribution in [0, 0.1) is 12.8 Å². The Morgan fingerprint density at radius 2 is 1.86 bits per heavy atom. The molecule has 0 aliphatic carbocycles. The van der Waals surface area contributed by atoms with Crippen molar-refractivity contribution >= 4 is 6.08 Å². The van der Waals surface area contributed by atoms with Crippen LogP contribution in [0.2, 0.25) is 0 Å². The summed E-state index contributed by atoms with van der Waals surface area (Å²) in [4.78, 5) is 0. The summed E-state index contributed by atoms with van der Waals surface area (Å²) in [5.74, 6) is 0.802. The van der Waals surface area contributed by atoms with E-state index >= 15 is 0 Å². The summed E-state index contributed by atoms with van der Waals surface area (Å²) in [6.07, 6.45) is 6.94. The fourth-order valence-corrected chi connectivity index (χ4v) is 1.28. The molecule has 0 amide bonds. The fourth-order valence-electron chi connectivity index (χ4n) is 1.28. The first-order valence-corrected chi connectivity index (χ1v) is 5.45. The summed E-state index contributed by atoms with van der Waals surface area (Å²) in [5.41, 5.74) is 2.63. The monoisotopic (exact) mass is 188 g/mol. The molecule has 0 aromatic heterocycles. The lowest BCUT2D eigenvalue weighted by atomic mass is 10.0. The van der Waals surface area contributed by atoms with Gasteiger partial charge in [0.15, 0.2) is 0 Å². The van der Waals surface area contributed by atoms with Crippen LogP contribution in [0.4, 0.5) is 0 Å². The van der Waals surface area contributed by atoms with E-state index in [4.69, 9.17) is 0 Å². The standard InChI is InChI=1S/C14H20/c1-4-12(2)6-5-7-14-10-8-13(3)9-11-14/h5,7-12H,4,6H2,1-3H3. The summed E-state index contributed by atoms with van der Waals surface area (Å²) in [6.45, 7) is 6.65. The third-order valence-electron chi connectivity index (χ3n) is 2.62. The Bertz CT molecular complexity index is 279. The van der Waals surface area contributed by atoms with Gasteiger partial charge in [0, 0.05) is 0 Å². The second kappa shape index (κ2) is 5.64. The molecule has 0 aliphatic heterocycles. The number of allylic oxidation sites excluding steroid dienone is 1. The van der Waals surface area contributed by atoms with Crippen LogP contribution in [0.25, 0.3) is 6.08 Å². The lowest BCUT2D eigenvalue weighted by Gasteiger charge is -2.02. The van der Waals surface area contributed by atoms with E-state index in [1.807, 2.05) is 0 Å². The van der Waals surface area contributed by atoms with Crippen LogP contribution in [0.15, 0.2) is 30.3 Å². The van der Waals surface area contributed by atoms with Gasteiger partial charge in [-0.05, 0) is 24.8 Å². The first-order valence-electron chi connectivity index (χ1n) is 5.45. The van der Waals surface area contributed by atoms with E-state index in [-0.39, 0.29) is 0 Å². The number of aryl methyl sites for hydroxylation is 1. The molecule has 0 heterocycles. The fraction of sp³-hybridized carbons (Fsp3) is 0.429. The Balaban J connectivity index is 2.48. The molecule has 1 aromatic carbocycles. The van der Waals surface area contributed by atoms with Crippen molar-refractivity contribution in [3.63, 3.8) is 0 Å². The summed E-state index contributed by atoms with van der Waals surface area (Å²) >= 11 is 0. The van der Waals surface area contributed by atoms with Crippen molar-refractivity contribution in [3.8, 4) is 0 Å². The molecule has 0 radical (unpaired) electrons. The molecule has 1 rings (SSSR count). The van der Waals surface area contributed by atoms with E-state index in [1.165, 1.54) is 24.0 Å². The Labute approximate surface area is 87.7 Å². The summed E-state index contributed by atoms with van der Waals surface area (Å²) in [6, 6.07) is 8.65. The molecule has 0 saturated heterocycles. The molecule has 0 bridgehead atoms. The van der Waals surface area contributed by atoms with Gasteiger partial charge in [0.25, 0.3) is 0 Å². The van der Waals surface area contributed by atoms with Gasteiger partial charge in [0.1, 0.15) is 0 Å². The van der Waals surface area contributed by atoms with Crippen LogP contribution in [-0.2, 0) is 0 Å². The van der Waals surface area contributed by atoms with Gasteiger partial charge >= 0.3 is 0 Å². The highest BCUT2D eigenvalue weighted by atomic mass is 14.0. The molecule has 0 nitrogen and oxygen atoms in total. The first kappa shape index (κ1) is 11.0. The minimum Gasteiger partial charge on any atom is -0.0837 e. The third-order valence-corrected chi connectivity index (χ3v) is 2.62. The topological polar surface area (TPSA) is 0 Å². The zero-order valence-corrected chi connectivity index (χ0v) is 9.46. The lowest BCUT2D eigenvalue weighted by molar-refractivity contribution is 0.573. The Hall–Kier alpha value is -1.04. The van der Waals surface area contributed by atoms with Crippen molar-refractivity contribution in [1.82, 2.24) is 0 Å².